The van der Waals surface area contributed by atoms with Crippen LogP contribution in [0.4, 0.5) is 11.4 Å². The first-order chi connectivity index (χ1) is 13.0. The minimum atomic E-state index is -0.530. The topological polar surface area (TPSA) is 67.9 Å². The van der Waals surface area contributed by atoms with Crippen LogP contribution in [0.25, 0.3) is 0 Å². The second-order valence-corrected chi connectivity index (χ2v) is 6.70. The molecule has 1 aliphatic heterocycles. The molecule has 1 unspecified atom stereocenters. The van der Waals surface area contributed by atoms with Crippen molar-refractivity contribution in [2.24, 2.45) is 0 Å². The van der Waals surface area contributed by atoms with Gasteiger partial charge in [-0.25, -0.2) is 0 Å². The van der Waals surface area contributed by atoms with Crippen molar-refractivity contribution < 1.29 is 19.1 Å². The van der Waals surface area contributed by atoms with E-state index >= 15 is 0 Å². The summed E-state index contributed by atoms with van der Waals surface area (Å²) in [6.07, 6.45) is 0.935. The van der Waals surface area contributed by atoms with E-state index in [1.807, 2.05) is 26.0 Å². The van der Waals surface area contributed by atoms with Crippen LogP contribution in [0.1, 0.15) is 26.7 Å². The van der Waals surface area contributed by atoms with E-state index in [0.717, 1.165) is 5.75 Å². The Bertz CT molecular complexity index is 800. The average Bonchev–Trinajstić information content (AvgIpc) is 3.04. The van der Waals surface area contributed by atoms with Gasteiger partial charge in [0, 0.05) is 17.8 Å². The van der Waals surface area contributed by atoms with Gasteiger partial charge in [0.15, 0.2) is 0 Å². The first-order valence-corrected chi connectivity index (χ1v) is 9.01. The van der Waals surface area contributed by atoms with E-state index in [1.165, 1.54) is 0 Å². The maximum atomic E-state index is 12.8. The summed E-state index contributed by atoms with van der Waals surface area (Å²) in [5.74, 6) is 1.20. The monoisotopic (exact) mass is 368 g/mol. The predicted octanol–water partition coefficient (Wildman–Crippen LogP) is 3.62. The molecular weight excluding hydrogens is 344 g/mol. The smallest absolute Gasteiger partial charge is 0.247 e. The SMILES string of the molecule is COc1ccc(N2C(=O)CCC2C(=O)Nc2ccc(OC(C)C)cc2)cc1. The van der Waals surface area contributed by atoms with Crippen molar-refractivity contribution in [2.45, 2.75) is 38.8 Å². The molecule has 0 aromatic heterocycles. The predicted molar refractivity (Wildman–Crippen MR) is 104 cm³/mol. The van der Waals surface area contributed by atoms with Gasteiger partial charge in [-0.15, -0.1) is 0 Å². The number of nitrogens with zero attached hydrogens (tertiary/aromatic N) is 1. The van der Waals surface area contributed by atoms with Crippen molar-refractivity contribution in [3.05, 3.63) is 48.5 Å². The Morgan fingerprint density at radius 2 is 1.70 bits per heavy atom. The number of carbonyl (C=O) groups is 2. The zero-order valence-electron chi connectivity index (χ0n) is 15.8. The Morgan fingerprint density at radius 3 is 2.30 bits per heavy atom. The van der Waals surface area contributed by atoms with Crippen molar-refractivity contribution in [3.8, 4) is 11.5 Å². The zero-order valence-corrected chi connectivity index (χ0v) is 15.8. The number of anilines is 2. The van der Waals surface area contributed by atoms with E-state index in [1.54, 1.807) is 48.4 Å². The highest BCUT2D eigenvalue weighted by Crippen LogP contribution is 2.29. The van der Waals surface area contributed by atoms with Gasteiger partial charge >= 0.3 is 0 Å². The Hall–Kier alpha value is -3.02. The van der Waals surface area contributed by atoms with Crippen molar-refractivity contribution in [1.82, 2.24) is 0 Å². The molecule has 1 fully saturated rings. The second-order valence-electron chi connectivity index (χ2n) is 6.70. The first kappa shape index (κ1) is 18.8. The van der Waals surface area contributed by atoms with Crippen LogP contribution >= 0.6 is 0 Å². The minimum absolute atomic E-state index is 0.0546. The lowest BCUT2D eigenvalue weighted by molar-refractivity contribution is -0.120. The normalized spacial score (nSPS) is 16.5. The van der Waals surface area contributed by atoms with Crippen LogP contribution in [-0.2, 0) is 9.59 Å². The van der Waals surface area contributed by atoms with Crippen LogP contribution in [0.5, 0.6) is 11.5 Å². The quantitative estimate of drug-likeness (QED) is 0.846. The molecule has 27 heavy (non-hydrogen) atoms. The van der Waals surface area contributed by atoms with Crippen LogP contribution < -0.4 is 19.7 Å². The highest BCUT2D eigenvalue weighted by Gasteiger charge is 2.37. The highest BCUT2D eigenvalue weighted by atomic mass is 16.5. The third-order valence-corrected chi connectivity index (χ3v) is 4.36. The number of amides is 2. The molecule has 1 heterocycles. The van der Waals surface area contributed by atoms with Crippen LogP contribution in [0.3, 0.4) is 0 Å². The molecule has 1 atom stereocenters. The number of methoxy groups -OCH3 is 1. The number of hydrogen-bond donors (Lipinski definition) is 1. The van der Waals surface area contributed by atoms with Crippen LogP contribution in [-0.4, -0.2) is 31.1 Å². The number of carbonyl (C=O) groups excluding carboxylic acids is 2. The third-order valence-electron chi connectivity index (χ3n) is 4.36. The summed E-state index contributed by atoms with van der Waals surface area (Å²) in [4.78, 5) is 26.7. The van der Waals surface area contributed by atoms with Gasteiger partial charge in [-0.1, -0.05) is 0 Å². The largest absolute Gasteiger partial charge is 0.497 e. The summed E-state index contributed by atoms with van der Waals surface area (Å²) in [7, 11) is 1.59. The molecule has 0 aliphatic carbocycles. The Balaban J connectivity index is 1.71. The van der Waals surface area contributed by atoms with E-state index in [4.69, 9.17) is 9.47 Å². The second kappa shape index (κ2) is 8.12. The molecule has 6 nitrogen and oxygen atoms in total. The van der Waals surface area contributed by atoms with Crippen molar-refractivity contribution in [3.63, 3.8) is 0 Å². The molecule has 2 aromatic carbocycles. The van der Waals surface area contributed by atoms with Gasteiger partial charge in [-0.3, -0.25) is 14.5 Å². The summed E-state index contributed by atoms with van der Waals surface area (Å²) in [5.41, 5.74) is 1.37. The lowest BCUT2D eigenvalue weighted by atomic mass is 10.1. The maximum Gasteiger partial charge on any atom is 0.247 e. The number of rotatable bonds is 6. The zero-order chi connectivity index (χ0) is 19.4. The molecule has 6 heteroatoms. The Morgan fingerprint density at radius 1 is 1.07 bits per heavy atom. The molecule has 1 aliphatic rings. The maximum absolute atomic E-state index is 12.8. The fourth-order valence-corrected chi connectivity index (χ4v) is 3.11. The molecule has 142 valence electrons. The fourth-order valence-electron chi connectivity index (χ4n) is 3.11. The standard InChI is InChI=1S/C21H24N2O4/c1-14(2)27-18-8-4-15(5-9-18)22-21(25)19-12-13-20(24)23(19)16-6-10-17(26-3)11-7-16/h4-11,14,19H,12-13H2,1-3H3,(H,22,25). The van der Waals surface area contributed by atoms with Gasteiger partial charge in [0.1, 0.15) is 17.5 Å². The van der Waals surface area contributed by atoms with E-state index in [-0.39, 0.29) is 17.9 Å². The van der Waals surface area contributed by atoms with Crippen molar-refractivity contribution >= 4 is 23.2 Å². The van der Waals surface area contributed by atoms with Gasteiger partial charge in [-0.05, 0) is 68.8 Å². The van der Waals surface area contributed by atoms with Crippen molar-refractivity contribution in [1.29, 1.82) is 0 Å². The summed E-state index contributed by atoms with van der Waals surface area (Å²) in [5, 5.41) is 2.89. The van der Waals surface area contributed by atoms with Crippen LogP contribution in [0.15, 0.2) is 48.5 Å². The molecule has 0 spiro atoms. The Kier molecular flexibility index (Phi) is 5.64. The Labute approximate surface area is 159 Å². The molecule has 0 bridgehead atoms. The van der Waals surface area contributed by atoms with Gasteiger partial charge in [0.25, 0.3) is 0 Å². The summed E-state index contributed by atoms with van der Waals surface area (Å²) < 4.78 is 10.8. The van der Waals surface area contributed by atoms with E-state index in [2.05, 4.69) is 5.32 Å². The van der Waals surface area contributed by atoms with Gasteiger partial charge in [0.2, 0.25) is 11.8 Å². The van der Waals surface area contributed by atoms with E-state index in [9.17, 15) is 9.59 Å². The molecule has 0 saturated carbocycles. The number of benzene rings is 2. The lowest BCUT2D eigenvalue weighted by Gasteiger charge is -2.24. The minimum Gasteiger partial charge on any atom is -0.497 e. The van der Waals surface area contributed by atoms with Crippen LogP contribution in [0.2, 0.25) is 0 Å². The number of nitrogens with one attached hydrogen (secondary N) is 1. The summed E-state index contributed by atoms with van der Waals surface area (Å²) in [6.45, 7) is 3.92. The molecule has 3 rings (SSSR count). The molecule has 1 N–H and O–H groups in total. The molecule has 2 amide bonds. The summed E-state index contributed by atoms with van der Waals surface area (Å²) in [6, 6.07) is 13.8. The first-order valence-electron chi connectivity index (χ1n) is 9.01. The number of hydrogen-bond acceptors (Lipinski definition) is 4. The van der Waals surface area contributed by atoms with Gasteiger partial charge < -0.3 is 14.8 Å². The van der Waals surface area contributed by atoms with Gasteiger partial charge in [-0.2, -0.15) is 0 Å². The van der Waals surface area contributed by atoms with Crippen LogP contribution in [0, 0.1) is 0 Å². The summed E-state index contributed by atoms with van der Waals surface area (Å²) >= 11 is 0. The third kappa shape index (κ3) is 4.39. The average molecular weight is 368 g/mol. The lowest BCUT2D eigenvalue weighted by Crippen LogP contribution is -2.41. The van der Waals surface area contributed by atoms with Gasteiger partial charge in [0.05, 0.1) is 13.2 Å². The molecular formula is C21H24N2O4. The fraction of sp³-hybridized carbons (Fsp3) is 0.333. The number of ether oxygens (including phenoxy) is 2. The van der Waals surface area contributed by atoms with Crippen molar-refractivity contribution in [2.75, 3.05) is 17.3 Å². The van der Waals surface area contributed by atoms with E-state index in [0.29, 0.717) is 30.0 Å². The van der Waals surface area contributed by atoms with E-state index < -0.39 is 6.04 Å². The molecule has 1 saturated heterocycles. The molecule has 0 radical (unpaired) electrons. The molecule has 2 aromatic rings. The highest BCUT2D eigenvalue weighted by molar-refractivity contribution is 6.07.